The van der Waals surface area contributed by atoms with E-state index in [9.17, 15) is 4.79 Å². The predicted octanol–water partition coefficient (Wildman–Crippen LogP) is 4.45. The molecule has 1 nitrogen and oxygen atoms in total. The fraction of sp³-hybridized carbons (Fsp3) is 0.643. The summed E-state index contributed by atoms with van der Waals surface area (Å²) in [4.78, 5) is 13.2. The van der Waals surface area contributed by atoms with Crippen LogP contribution >= 0.6 is 27.3 Å². The van der Waals surface area contributed by atoms with Crippen molar-refractivity contribution in [2.45, 2.75) is 38.5 Å². The van der Waals surface area contributed by atoms with E-state index in [-0.39, 0.29) is 0 Å². The molecule has 1 aromatic heterocycles. The van der Waals surface area contributed by atoms with Gasteiger partial charge in [0.15, 0.2) is 0 Å². The summed E-state index contributed by atoms with van der Waals surface area (Å²) in [5.74, 6) is 2.98. The van der Waals surface area contributed by atoms with Gasteiger partial charge in [-0.15, -0.1) is 11.3 Å². The highest BCUT2D eigenvalue weighted by atomic mass is 79.9. The number of Topliss-reactive ketones (excluding diaryl/α,β-unsaturated/α-hetero) is 1. The van der Waals surface area contributed by atoms with Crippen LogP contribution in [0.25, 0.3) is 0 Å². The summed E-state index contributed by atoms with van der Waals surface area (Å²) in [7, 11) is 0. The molecule has 2 bridgehead atoms. The zero-order valence-electron chi connectivity index (χ0n) is 9.82. The third-order valence-electron chi connectivity index (χ3n) is 4.37. The highest BCUT2D eigenvalue weighted by Gasteiger charge is 2.39. The number of carbonyl (C=O) groups excluding carboxylic acids is 1. The Hall–Kier alpha value is -0.150. The first-order chi connectivity index (χ1) is 8.20. The number of hydrogen-bond acceptors (Lipinski definition) is 2. The van der Waals surface area contributed by atoms with Crippen molar-refractivity contribution in [2.75, 3.05) is 0 Å². The first-order valence-electron chi connectivity index (χ1n) is 6.46. The van der Waals surface area contributed by atoms with Gasteiger partial charge in [-0.3, -0.25) is 4.79 Å². The highest BCUT2D eigenvalue weighted by molar-refractivity contribution is 9.11. The van der Waals surface area contributed by atoms with E-state index in [0.29, 0.717) is 18.1 Å². The molecule has 0 aliphatic heterocycles. The quantitative estimate of drug-likeness (QED) is 0.802. The fourth-order valence-electron chi connectivity index (χ4n) is 3.63. The van der Waals surface area contributed by atoms with E-state index in [1.807, 2.05) is 6.07 Å². The molecule has 3 atom stereocenters. The van der Waals surface area contributed by atoms with Crippen LogP contribution in [0, 0.1) is 17.8 Å². The molecule has 17 heavy (non-hydrogen) atoms. The molecule has 2 saturated carbocycles. The number of hydrogen-bond donors (Lipinski definition) is 0. The van der Waals surface area contributed by atoms with E-state index in [1.54, 1.807) is 11.3 Å². The van der Waals surface area contributed by atoms with Gasteiger partial charge in [-0.25, -0.2) is 0 Å². The molecule has 3 unspecified atom stereocenters. The fourth-order valence-corrected chi connectivity index (χ4v) is 5.14. The Morgan fingerprint density at radius 2 is 2.24 bits per heavy atom. The number of halogens is 1. The van der Waals surface area contributed by atoms with Gasteiger partial charge >= 0.3 is 0 Å². The van der Waals surface area contributed by atoms with Crippen molar-refractivity contribution in [2.24, 2.45) is 17.8 Å². The highest BCUT2D eigenvalue weighted by Crippen LogP contribution is 2.49. The monoisotopic (exact) mass is 312 g/mol. The Kier molecular flexibility index (Phi) is 3.40. The van der Waals surface area contributed by atoms with Crippen LogP contribution in [-0.4, -0.2) is 5.78 Å². The molecule has 0 aromatic carbocycles. The van der Waals surface area contributed by atoms with Gasteiger partial charge in [0, 0.05) is 17.7 Å². The minimum Gasteiger partial charge on any atom is -0.299 e. The summed E-state index contributed by atoms with van der Waals surface area (Å²) in [5, 5.41) is 0. The molecule has 3 rings (SSSR count). The van der Waals surface area contributed by atoms with Crippen LogP contribution in [0.15, 0.2) is 15.9 Å². The van der Waals surface area contributed by atoms with E-state index in [4.69, 9.17) is 0 Å². The van der Waals surface area contributed by atoms with E-state index in [2.05, 4.69) is 22.0 Å². The Morgan fingerprint density at radius 3 is 2.82 bits per heavy atom. The number of thiophene rings is 1. The second kappa shape index (κ2) is 4.85. The first-order valence-corrected chi connectivity index (χ1v) is 8.07. The molecule has 0 amide bonds. The SMILES string of the molecule is O=C(Cc1ccc(Br)s1)CC1CC2CCC1C2. The summed E-state index contributed by atoms with van der Waals surface area (Å²) >= 11 is 5.13. The van der Waals surface area contributed by atoms with Crippen molar-refractivity contribution in [1.29, 1.82) is 0 Å². The third kappa shape index (κ3) is 2.65. The largest absolute Gasteiger partial charge is 0.299 e. The molecule has 2 aliphatic rings. The zero-order valence-corrected chi connectivity index (χ0v) is 12.2. The van der Waals surface area contributed by atoms with Crippen LogP contribution in [0.3, 0.4) is 0 Å². The second-order valence-corrected chi connectivity index (χ2v) is 8.11. The van der Waals surface area contributed by atoms with Gasteiger partial charge in [0.1, 0.15) is 5.78 Å². The molecule has 0 spiro atoms. The molecule has 1 heterocycles. The summed E-state index contributed by atoms with van der Waals surface area (Å²) in [5.41, 5.74) is 0. The number of rotatable bonds is 4. The smallest absolute Gasteiger partial charge is 0.138 e. The third-order valence-corrected chi connectivity index (χ3v) is 6.00. The van der Waals surface area contributed by atoms with E-state index < -0.39 is 0 Å². The summed E-state index contributed by atoms with van der Waals surface area (Å²) in [6, 6.07) is 4.10. The Labute approximate surface area is 115 Å². The molecule has 3 heteroatoms. The first kappa shape index (κ1) is 11.9. The lowest BCUT2D eigenvalue weighted by Crippen LogP contribution is -2.16. The molecule has 92 valence electrons. The van der Waals surface area contributed by atoms with Crippen molar-refractivity contribution >= 4 is 33.0 Å². The van der Waals surface area contributed by atoms with Crippen LogP contribution in [-0.2, 0) is 11.2 Å². The Bertz CT molecular complexity index is 426. The summed E-state index contributed by atoms with van der Waals surface area (Å²) in [6.07, 6.45) is 7.01. The van der Waals surface area contributed by atoms with E-state index in [0.717, 1.165) is 22.0 Å². The van der Waals surface area contributed by atoms with Crippen molar-refractivity contribution in [3.05, 3.63) is 20.8 Å². The van der Waals surface area contributed by atoms with Crippen LogP contribution in [0.5, 0.6) is 0 Å². The van der Waals surface area contributed by atoms with Gasteiger partial charge in [0.05, 0.1) is 3.79 Å². The van der Waals surface area contributed by atoms with Gasteiger partial charge < -0.3 is 0 Å². The lowest BCUT2D eigenvalue weighted by atomic mass is 9.85. The summed E-state index contributed by atoms with van der Waals surface area (Å²) < 4.78 is 1.13. The minimum absolute atomic E-state index is 0.442. The van der Waals surface area contributed by atoms with Crippen LogP contribution in [0.4, 0.5) is 0 Å². The molecule has 2 aliphatic carbocycles. The molecule has 0 saturated heterocycles. The molecular weight excluding hydrogens is 296 g/mol. The van der Waals surface area contributed by atoms with Gasteiger partial charge in [0.2, 0.25) is 0 Å². The summed E-state index contributed by atoms with van der Waals surface area (Å²) in [6.45, 7) is 0. The topological polar surface area (TPSA) is 17.1 Å². The lowest BCUT2D eigenvalue weighted by molar-refractivity contribution is -0.119. The average Bonchev–Trinajstić information content (AvgIpc) is 2.95. The van der Waals surface area contributed by atoms with Crippen molar-refractivity contribution in [3.63, 3.8) is 0 Å². The average molecular weight is 313 g/mol. The second-order valence-electron chi connectivity index (χ2n) is 5.56. The van der Waals surface area contributed by atoms with E-state index >= 15 is 0 Å². The van der Waals surface area contributed by atoms with Crippen molar-refractivity contribution in [3.8, 4) is 0 Å². The maximum atomic E-state index is 12.0. The van der Waals surface area contributed by atoms with Crippen molar-refractivity contribution in [1.82, 2.24) is 0 Å². The van der Waals surface area contributed by atoms with Gasteiger partial charge in [-0.2, -0.15) is 0 Å². The van der Waals surface area contributed by atoms with Crippen LogP contribution in [0.1, 0.15) is 37.0 Å². The number of ketones is 1. The normalized spacial score (nSPS) is 31.0. The number of fused-ring (bicyclic) bond motifs is 2. The lowest BCUT2D eigenvalue weighted by Gasteiger charge is -2.20. The van der Waals surface area contributed by atoms with Gasteiger partial charge in [-0.05, 0) is 65.1 Å². The Balaban J connectivity index is 1.54. The molecule has 0 radical (unpaired) electrons. The van der Waals surface area contributed by atoms with Gasteiger partial charge in [0.25, 0.3) is 0 Å². The van der Waals surface area contributed by atoms with Crippen LogP contribution < -0.4 is 0 Å². The van der Waals surface area contributed by atoms with E-state index in [1.165, 1.54) is 30.6 Å². The standard InChI is InChI=1S/C14H17BrOS/c15-14-4-3-13(17-14)8-12(16)7-11-6-9-1-2-10(11)5-9/h3-4,9-11H,1-2,5-8H2. The maximum absolute atomic E-state index is 12.0. The molecule has 2 fully saturated rings. The number of carbonyl (C=O) groups is 1. The zero-order chi connectivity index (χ0) is 11.8. The molecule has 0 N–H and O–H groups in total. The van der Waals surface area contributed by atoms with Gasteiger partial charge in [-0.1, -0.05) is 6.42 Å². The predicted molar refractivity (Wildman–Crippen MR) is 74.3 cm³/mol. The van der Waals surface area contributed by atoms with Crippen LogP contribution in [0.2, 0.25) is 0 Å². The maximum Gasteiger partial charge on any atom is 0.138 e. The molecule has 1 aromatic rings. The molecular formula is C14H17BrOS. The minimum atomic E-state index is 0.442. The Morgan fingerprint density at radius 1 is 1.35 bits per heavy atom. The van der Waals surface area contributed by atoms with Crippen molar-refractivity contribution < 1.29 is 4.79 Å².